The minimum Gasteiger partial charge on any atom is -0.478 e. The van der Waals surface area contributed by atoms with Gasteiger partial charge < -0.3 is 5.11 Å². The second kappa shape index (κ2) is 8.21. The van der Waals surface area contributed by atoms with Gasteiger partial charge in [-0.15, -0.1) is 11.3 Å². The van der Waals surface area contributed by atoms with Gasteiger partial charge in [-0.1, -0.05) is 60.9 Å². The quantitative estimate of drug-likeness (QED) is 0.565. The van der Waals surface area contributed by atoms with E-state index in [9.17, 15) is 14.7 Å². The minimum atomic E-state index is -1.00. The van der Waals surface area contributed by atoms with E-state index in [4.69, 9.17) is 0 Å². The zero-order chi connectivity index (χ0) is 20.4. The Morgan fingerprint density at radius 1 is 1.00 bits per heavy atom. The minimum absolute atomic E-state index is 0.0316. The van der Waals surface area contributed by atoms with Crippen LogP contribution in [0.1, 0.15) is 52.0 Å². The summed E-state index contributed by atoms with van der Waals surface area (Å²) >= 11 is 1.39. The van der Waals surface area contributed by atoms with Crippen molar-refractivity contribution in [1.82, 2.24) is 0 Å². The molecule has 1 heterocycles. The molecule has 0 unspecified atom stereocenters. The lowest BCUT2D eigenvalue weighted by atomic mass is 10.1. The Hall–Kier alpha value is -2.92. The molecule has 29 heavy (non-hydrogen) atoms. The van der Waals surface area contributed by atoms with Gasteiger partial charge in [0.2, 0.25) is 0 Å². The average molecular weight is 406 g/mol. The predicted octanol–water partition coefficient (Wildman–Crippen LogP) is 6.01. The third kappa shape index (κ3) is 3.96. The third-order valence-corrected chi connectivity index (χ3v) is 6.61. The Morgan fingerprint density at radius 3 is 2.28 bits per heavy atom. The second-order valence-electron chi connectivity index (χ2n) is 7.48. The maximum absolute atomic E-state index is 13.5. The summed E-state index contributed by atoms with van der Waals surface area (Å²) in [6, 6.07) is 18.9. The fourth-order valence-electron chi connectivity index (χ4n) is 3.88. The van der Waals surface area contributed by atoms with Gasteiger partial charge in [0.25, 0.3) is 5.91 Å². The summed E-state index contributed by atoms with van der Waals surface area (Å²) in [5.41, 5.74) is 2.83. The van der Waals surface area contributed by atoms with Gasteiger partial charge in [0.1, 0.15) is 5.00 Å². The standard InChI is InChI=1S/C24H23NO3S/c1-16-11-13-18(14-12-16)22(26)25(19-9-5-6-10-19)23-20(24(27)28)15-21(29-23)17-7-3-2-4-8-17/h2-4,7-8,11-15,19H,5-6,9-10H2,1H3,(H,27,28). The van der Waals surface area contributed by atoms with Crippen LogP contribution < -0.4 is 4.90 Å². The summed E-state index contributed by atoms with van der Waals surface area (Å²) in [6.07, 6.45) is 3.91. The fraction of sp³-hybridized carbons (Fsp3) is 0.250. The summed E-state index contributed by atoms with van der Waals surface area (Å²) in [7, 11) is 0. The third-order valence-electron chi connectivity index (χ3n) is 5.43. The second-order valence-corrected chi connectivity index (χ2v) is 8.51. The molecule has 2 aromatic carbocycles. The number of rotatable bonds is 5. The number of carboxylic acids is 1. The highest BCUT2D eigenvalue weighted by Gasteiger charge is 2.33. The molecule has 1 saturated carbocycles. The van der Waals surface area contributed by atoms with Crippen molar-refractivity contribution in [2.24, 2.45) is 0 Å². The Kier molecular flexibility index (Phi) is 5.49. The van der Waals surface area contributed by atoms with Crippen LogP contribution in [-0.4, -0.2) is 23.0 Å². The van der Waals surface area contributed by atoms with Gasteiger partial charge in [0.05, 0.1) is 5.56 Å². The van der Waals surface area contributed by atoms with Crippen molar-refractivity contribution < 1.29 is 14.7 Å². The van der Waals surface area contributed by atoms with Gasteiger partial charge in [-0.3, -0.25) is 9.69 Å². The Balaban J connectivity index is 1.81. The lowest BCUT2D eigenvalue weighted by Gasteiger charge is -2.28. The molecule has 1 fully saturated rings. The molecule has 0 spiro atoms. The van der Waals surface area contributed by atoms with Crippen LogP contribution in [0, 0.1) is 6.92 Å². The molecule has 0 saturated heterocycles. The summed E-state index contributed by atoms with van der Waals surface area (Å²) < 4.78 is 0. The van der Waals surface area contributed by atoms with Crippen LogP contribution in [0.25, 0.3) is 10.4 Å². The van der Waals surface area contributed by atoms with Crippen molar-refractivity contribution in [3.63, 3.8) is 0 Å². The van der Waals surface area contributed by atoms with Crippen LogP contribution in [-0.2, 0) is 0 Å². The highest BCUT2D eigenvalue weighted by Crippen LogP contribution is 2.41. The van der Waals surface area contributed by atoms with E-state index in [0.717, 1.165) is 41.7 Å². The summed E-state index contributed by atoms with van der Waals surface area (Å²) in [5, 5.41) is 10.4. The number of anilines is 1. The number of carbonyl (C=O) groups is 2. The molecule has 1 amide bonds. The topological polar surface area (TPSA) is 57.6 Å². The van der Waals surface area contributed by atoms with Crippen LogP contribution in [0.5, 0.6) is 0 Å². The first-order valence-electron chi connectivity index (χ1n) is 9.87. The summed E-state index contributed by atoms with van der Waals surface area (Å²) in [4.78, 5) is 28.2. The zero-order valence-corrected chi connectivity index (χ0v) is 17.1. The predicted molar refractivity (Wildman–Crippen MR) is 117 cm³/mol. The Bertz CT molecular complexity index is 1020. The molecule has 0 atom stereocenters. The van der Waals surface area contributed by atoms with Gasteiger partial charge in [-0.2, -0.15) is 0 Å². The van der Waals surface area contributed by atoms with Crippen LogP contribution in [0.4, 0.5) is 5.00 Å². The molecule has 0 radical (unpaired) electrons. The smallest absolute Gasteiger partial charge is 0.338 e. The number of hydrogen-bond acceptors (Lipinski definition) is 3. The van der Waals surface area contributed by atoms with E-state index in [-0.39, 0.29) is 17.5 Å². The van der Waals surface area contributed by atoms with E-state index in [0.29, 0.717) is 10.6 Å². The number of carboxylic acid groups (broad SMARTS) is 1. The molecule has 1 aliphatic rings. The highest BCUT2D eigenvalue weighted by atomic mass is 32.1. The molecule has 148 valence electrons. The van der Waals surface area contributed by atoms with E-state index in [1.807, 2.05) is 61.5 Å². The molecule has 0 aliphatic heterocycles. The molecule has 4 rings (SSSR count). The first kappa shape index (κ1) is 19.4. The van der Waals surface area contributed by atoms with E-state index < -0.39 is 5.97 Å². The van der Waals surface area contributed by atoms with E-state index in [1.54, 1.807) is 11.0 Å². The van der Waals surface area contributed by atoms with Crippen molar-refractivity contribution in [2.75, 3.05) is 4.90 Å². The van der Waals surface area contributed by atoms with E-state index >= 15 is 0 Å². The van der Waals surface area contributed by atoms with Gasteiger partial charge in [0, 0.05) is 16.5 Å². The number of aryl methyl sites for hydroxylation is 1. The van der Waals surface area contributed by atoms with Crippen molar-refractivity contribution in [3.8, 4) is 10.4 Å². The first-order chi connectivity index (χ1) is 14.0. The van der Waals surface area contributed by atoms with Crippen molar-refractivity contribution in [1.29, 1.82) is 0 Å². The van der Waals surface area contributed by atoms with Crippen molar-refractivity contribution >= 4 is 28.2 Å². The molecule has 0 bridgehead atoms. The molecule has 1 aromatic heterocycles. The zero-order valence-electron chi connectivity index (χ0n) is 16.3. The normalized spacial score (nSPS) is 14.1. The number of amides is 1. The highest BCUT2D eigenvalue weighted by molar-refractivity contribution is 7.20. The van der Waals surface area contributed by atoms with Crippen LogP contribution in [0.2, 0.25) is 0 Å². The SMILES string of the molecule is Cc1ccc(C(=O)N(c2sc(-c3ccccc3)cc2C(=O)O)C2CCCC2)cc1. The number of carbonyl (C=O) groups excluding carboxylic acids is 1. The van der Waals surface area contributed by atoms with Gasteiger partial charge >= 0.3 is 5.97 Å². The Labute approximate surface area is 174 Å². The molecule has 4 nitrogen and oxygen atoms in total. The first-order valence-corrected chi connectivity index (χ1v) is 10.7. The number of aromatic carboxylic acids is 1. The van der Waals surface area contributed by atoms with Gasteiger partial charge in [-0.05, 0) is 43.5 Å². The van der Waals surface area contributed by atoms with E-state index in [2.05, 4.69) is 0 Å². The number of nitrogens with zero attached hydrogens (tertiary/aromatic N) is 1. The lowest BCUT2D eigenvalue weighted by Crippen LogP contribution is -2.39. The lowest BCUT2D eigenvalue weighted by molar-refractivity contribution is 0.0698. The average Bonchev–Trinajstić information content (AvgIpc) is 3.40. The molecule has 5 heteroatoms. The summed E-state index contributed by atoms with van der Waals surface area (Å²) in [6.45, 7) is 1.98. The van der Waals surface area contributed by atoms with Crippen LogP contribution in [0.15, 0.2) is 60.7 Å². The maximum Gasteiger partial charge on any atom is 0.338 e. The molecule has 1 aliphatic carbocycles. The molecular weight excluding hydrogens is 382 g/mol. The number of hydrogen-bond donors (Lipinski definition) is 1. The van der Waals surface area contributed by atoms with Gasteiger partial charge in [-0.25, -0.2) is 4.79 Å². The number of benzene rings is 2. The van der Waals surface area contributed by atoms with Crippen molar-refractivity contribution in [3.05, 3.63) is 77.4 Å². The fourth-order valence-corrected chi connectivity index (χ4v) is 5.11. The van der Waals surface area contributed by atoms with Crippen molar-refractivity contribution in [2.45, 2.75) is 38.6 Å². The van der Waals surface area contributed by atoms with Gasteiger partial charge in [0.15, 0.2) is 0 Å². The maximum atomic E-state index is 13.5. The molecule has 3 aromatic rings. The monoisotopic (exact) mass is 405 g/mol. The summed E-state index contributed by atoms with van der Waals surface area (Å²) in [5.74, 6) is -1.13. The Morgan fingerprint density at radius 2 is 1.66 bits per heavy atom. The molecular formula is C24H23NO3S. The number of thiophene rings is 1. The largest absolute Gasteiger partial charge is 0.478 e. The van der Waals surface area contributed by atoms with Crippen LogP contribution >= 0.6 is 11.3 Å². The molecule has 1 N–H and O–H groups in total. The van der Waals surface area contributed by atoms with Crippen LogP contribution in [0.3, 0.4) is 0 Å². The van der Waals surface area contributed by atoms with E-state index in [1.165, 1.54) is 11.3 Å².